The number of unbranched alkanes of at least 4 members (excludes halogenated alkanes) is 20. The highest BCUT2D eigenvalue weighted by atomic mass is 16.4. The molecular weight excluding hydrogens is 498 g/mol. The first-order valence-corrected chi connectivity index (χ1v) is 17.3. The summed E-state index contributed by atoms with van der Waals surface area (Å²) in [6.07, 6.45) is 27.0. The Bertz CT molecular complexity index is 620. The predicted molar refractivity (Wildman–Crippen MR) is 170 cm³/mol. The fourth-order valence-electron chi connectivity index (χ4n) is 6.32. The first-order chi connectivity index (χ1) is 19.2. The van der Waals surface area contributed by atoms with Crippen molar-refractivity contribution >= 4 is 17.5 Å². The van der Waals surface area contributed by atoms with E-state index in [0.717, 1.165) is 32.1 Å². The number of hydrogen-bond donors (Lipinski definition) is 1. The fourth-order valence-corrected chi connectivity index (χ4v) is 6.32. The molecule has 1 N–H and O–H groups in total. The van der Waals surface area contributed by atoms with Gasteiger partial charge in [-0.2, -0.15) is 0 Å². The molecule has 5 heteroatoms. The van der Waals surface area contributed by atoms with E-state index < -0.39 is 11.5 Å². The zero-order valence-electron chi connectivity index (χ0n) is 27.5. The third-order valence-corrected chi connectivity index (χ3v) is 8.82. The monoisotopic (exact) mass is 567 g/mol. The Hall–Kier alpha value is -1.23. The maximum Gasteiger partial charge on any atom is 0.382 e. The van der Waals surface area contributed by atoms with Crippen LogP contribution >= 0.6 is 0 Å². The van der Waals surface area contributed by atoms with E-state index in [1.807, 2.05) is 6.92 Å². The number of likely N-dealkylation sites (N-methyl/N-ethyl adjacent to an activating group) is 1. The molecule has 0 aliphatic rings. The van der Waals surface area contributed by atoms with Crippen LogP contribution in [0.15, 0.2) is 0 Å². The lowest BCUT2D eigenvalue weighted by Gasteiger charge is -2.43. The van der Waals surface area contributed by atoms with Crippen molar-refractivity contribution in [2.75, 3.05) is 20.6 Å². The van der Waals surface area contributed by atoms with Crippen molar-refractivity contribution in [2.45, 2.75) is 187 Å². The zero-order chi connectivity index (χ0) is 30.1. The van der Waals surface area contributed by atoms with Crippen LogP contribution in [0.2, 0.25) is 0 Å². The molecule has 0 heterocycles. The van der Waals surface area contributed by atoms with Gasteiger partial charge in [0.25, 0.3) is 0 Å². The van der Waals surface area contributed by atoms with Gasteiger partial charge in [-0.1, -0.05) is 149 Å². The average Bonchev–Trinajstić information content (AvgIpc) is 2.90. The zero-order valence-corrected chi connectivity index (χ0v) is 27.5. The van der Waals surface area contributed by atoms with Crippen LogP contribution < -0.4 is 0 Å². The van der Waals surface area contributed by atoms with Crippen molar-refractivity contribution in [1.82, 2.24) is 0 Å². The Kier molecular flexibility index (Phi) is 23.6. The molecule has 40 heavy (non-hydrogen) atoms. The van der Waals surface area contributed by atoms with Crippen molar-refractivity contribution in [2.24, 2.45) is 0 Å². The first-order valence-electron chi connectivity index (χ1n) is 17.3. The second-order valence-electron chi connectivity index (χ2n) is 12.8. The predicted octanol–water partition coefficient (Wildman–Crippen LogP) is 9.84. The molecule has 0 saturated carbocycles. The topological polar surface area (TPSA) is 71.4 Å². The van der Waals surface area contributed by atoms with Crippen LogP contribution in [0.5, 0.6) is 0 Å². The summed E-state index contributed by atoms with van der Waals surface area (Å²) < 4.78 is -0.0907. The maximum atomic E-state index is 13.6. The lowest BCUT2D eigenvalue weighted by molar-refractivity contribution is -0.912. The van der Waals surface area contributed by atoms with Gasteiger partial charge in [0, 0.05) is 12.8 Å². The maximum absolute atomic E-state index is 13.6. The highest BCUT2D eigenvalue weighted by molar-refractivity contribution is 6.25. The molecule has 0 bridgehead atoms. The lowest BCUT2D eigenvalue weighted by Crippen LogP contribution is -2.72. The van der Waals surface area contributed by atoms with E-state index in [0.29, 0.717) is 19.4 Å². The molecule has 0 aliphatic heterocycles. The molecule has 0 saturated heterocycles. The number of carboxylic acids is 1. The normalized spacial score (nSPS) is 12.1. The number of rotatable bonds is 30. The van der Waals surface area contributed by atoms with Crippen LogP contribution in [0.3, 0.4) is 0 Å². The van der Waals surface area contributed by atoms with Crippen LogP contribution in [0, 0.1) is 0 Å². The van der Waals surface area contributed by atoms with Gasteiger partial charge in [0.05, 0.1) is 20.6 Å². The molecule has 0 aromatic heterocycles. The molecule has 0 unspecified atom stereocenters. The van der Waals surface area contributed by atoms with E-state index in [4.69, 9.17) is 0 Å². The fraction of sp³-hybridized carbons (Fsp3) is 0.914. The number of carbonyl (C=O) groups excluding carboxylic acids is 2. The highest BCUT2D eigenvalue weighted by Gasteiger charge is 2.63. The Labute approximate surface area is 248 Å². The minimum absolute atomic E-state index is 0.0907. The number of Topliss-reactive ketones (excluding diaryl/α,β-unsaturated/α-hetero) is 2. The molecule has 0 radical (unpaired) electrons. The number of carbonyl (C=O) groups is 3. The molecule has 0 aliphatic carbocycles. The first kappa shape index (κ1) is 38.8. The molecule has 0 spiro atoms. The largest absolute Gasteiger partial charge is 0.476 e. The van der Waals surface area contributed by atoms with Crippen LogP contribution in [0.1, 0.15) is 181 Å². The molecule has 236 valence electrons. The van der Waals surface area contributed by atoms with Crippen molar-refractivity contribution in [3.8, 4) is 0 Å². The number of nitrogens with zero attached hydrogens (tertiary/aromatic N) is 1. The molecule has 0 amide bonds. The average molecular weight is 567 g/mol. The Balaban J connectivity index is 4.73. The number of aliphatic carboxylic acids is 1. The quantitative estimate of drug-likeness (QED) is 0.0533. The minimum Gasteiger partial charge on any atom is -0.476 e. The molecule has 0 atom stereocenters. The third kappa shape index (κ3) is 15.1. The van der Waals surface area contributed by atoms with E-state index in [-0.39, 0.29) is 28.9 Å². The van der Waals surface area contributed by atoms with Gasteiger partial charge in [0.1, 0.15) is 0 Å². The van der Waals surface area contributed by atoms with Crippen molar-refractivity contribution in [1.29, 1.82) is 0 Å². The Morgan fingerprint density at radius 3 is 1.00 bits per heavy atom. The van der Waals surface area contributed by atoms with Gasteiger partial charge in [-0.15, -0.1) is 0 Å². The van der Waals surface area contributed by atoms with Crippen molar-refractivity contribution < 1.29 is 24.0 Å². The number of carboxylic acid groups (broad SMARTS) is 1. The van der Waals surface area contributed by atoms with Crippen molar-refractivity contribution in [3.05, 3.63) is 0 Å². The van der Waals surface area contributed by atoms with Gasteiger partial charge >= 0.3 is 11.5 Å². The summed E-state index contributed by atoms with van der Waals surface area (Å²) in [5.74, 6) is -2.03. The minimum atomic E-state index is -1.98. The standard InChI is InChI=1S/C35H67NO4/c1-6-9-11-13-15-17-19-21-23-25-27-29-32(37)35(34(39)40,36(4,5)31-8-3)33(38)30-28-26-24-22-20-18-16-14-12-10-7-2/h6-31H2,1-5H3/p+1. The summed E-state index contributed by atoms with van der Waals surface area (Å²) in [4.78, 5) is 40.0. The smallest absolute Gasteiger partial charge is 0.382 e. The van der Waals surface area contributed by atoms with Crippen LogP contribution in [-0.4, -0.2) is 53.3 Å². The molecule has 0 fully saturated rings. The molecule has 0 aromatic carbocycles. The summed E-state index contributed by atoms with van der Waals surface area (Å²) in [6.45, 7) is 6.95. The third-order valence-electron chi connectivity index (χ3n) is 8.82. The van der Waals surface area contributed by atoms with Crippen LogP contribution in [-0.2, 0) is 14.4 Å². The number of quaternary nitrogens is 1. The summed E-state index contributed by atoms with van der Waals surface area (Å²) >= 11 is 0. The lowest BCUT2D eigenvalue weighted by atomic mass is 9.80. The molecule has 0 aromatic rings. The highest BCUT2D eigenvalue weighted by Crippen LogP contribution is 2.30. The second kappa shape index (κ2) is 24.4. The van der Waals surface area contributed by atoms with E-state index in [2.05, 4.69) is 13.8 Å². The van der Waals surface area contributed by atoms with Gasteiger partial charge in [-0.3, -0.25) is 9.59 Å². The van der Waals surface area contributed by atoms with Gasteiger partial charge < -0.3 is 9.59 Å². The van der Waals surface area contributed by atoms with Crippen LogP contribution in [0.4, 0.5) is 0 Å². The second-order valence-corrected chi connectivity index (χ2v) is 12.8. The number of hydrogen-bond acceptors (Lipinski definition) is 3. The van der Waals surface area contributed by atoms with E-state index in [1.54, 1.807) is 14.1 Å². The van der Waals surface area contributed by atoms with Gasteiger partial charge in [-0.05, 0) is 19.3 Å². The van der Waals surface area contributed by atoms with Gasteiger partial charge in [-0.25, -0.2) is 4.79 Å². The Morgan fingerprint density at radius 2 is 0.750 bits per heavy atom. The van der Waals surface area contributed by atoms with E-state index >= 15 is 0 Å². The summed E-state index contributed by atoms with van der Waals surface area (Å²) in [5, 5.41) is 10.4. The van der Waals surface area contributed by atoms with Crippen LogP contribution in [0.25, 0.3) is 0 Å². The van der Waals surface area contributed by atoms with E-state index in [1.165, 1.54) is 103 Å². The Morgan fingerprint density at radius 1 is 0.475 bits per heavy atom. The summed E-state index contributed by atoms with van der Waals surface area (Å²) in [5.41, 5.74) is -1.98. The molecule has 5 nitrogen and oxygen atoms in total. The SMILES string of the molecule is CCCCCCCCCCCCCC(=O)C(C(=O)O)(C(=O)CCCCCCCCCCCCC)[N+](C)(C)CCC. The van der Waals surface area contributed by atoms with E-state index in [9.17, 15) is 19.5 Å². The van der Waals surface area contributed by atoms with Crippen molar-refractivity contribution in [3.63, 3.8) is 0 Å². The summed E-state index contributed by atoms with van der Waals surface area (Å²) in [7, 11) is 3.52. The summed E-state index contributed by atoms with van der Waals surface area (Å²) in [6, 6.07) is 0. The molecule has 0 rings (SSSR count). The molecular formula is C35H68NO4+. The van der Waals surface area contributed by atoms with Gasteiger partial charge in [0.2, 0.25) is 11.6 Å². The number of ketones is 2. The van der Waals surface area contributed by atoms with Gasteiger partial charge in [0.15, 0.2) is 0 Å².